The number of aromatic hydroxyl groups is 1. The molecule has 1 aliphatic carbocycles. The summed E-state index contributed by atoms with van der Waals surface area (Å²) in [6, 6.07) is 16.4. The first kappa shape index (κ1) is 22.1. The van der Waals surface area contributed by atoms with Gasteiger partial charge in [-0.25, -0.2) is 5.43 Å². The van der Waals surface area contributed by atoms with Gasteiger partial charge in [-0.3, -0.25) is 4.79 Å². The van der Waals surface area contributed by atoms with Crippen LogP contribution < -0.4 is 11.2 Å². The minimum absolute atomic E-state index is 0.0728. The van der Waals surface area contributed by atoms with Gasteiger partial charge in [0, 0.05) is 16.7 Å². The molecule has 6 heteroatoms. The Morgan fingerprint density at radius 1 is 1.03 bits per heavy atom. The van der Waals surface area contributed by atoms with Crippen LogP contribution >= 0.6 is 11.6 Å². The third-order valence-electron chi connectivity index (χ3n) is 5.95. The first-order valence-electron chi connectivity index (χ1n) is 10.8. The maximum absolute atomic E-state index is 12.3. The standard InChI is InChI=1S/C26H26ClN3O2/c27-23-16-19(10-11-24(23)31)25(32)30-29-17-20-9-8-18(21-6-2-3-7-22(20)21)12-15-26(28)13-4-1-5-14-26/h2-3,6-12,15-17,31H,1,4-5,13-14,28H2,(H,30,32). The van der Waals surface area contributed by atoms with Crippen LogP contribution in [-0.2, 0) is 0 Å². The predicted molar refractivity (Wildman–Crippen MR) is 131 cm³/mol. The number of rotatable bonds is 5. The molecule has 5 nitrogen and oxygen atoms in total. The lowest BCUT2D eigenvalue weighted by atomic mass is 9.82. The van der Waals surface area contributed by atoms with Crippen molar-refractivity contribution in [2.24, 2.45) is 10.8 Å². The number of phenolic OH excluding ortho intramolecular Hbond substituents is 1. The van der Waals surface area contributed by atoms with E-state index in [1.165, 1.54) is 37.5 Å². The summed E-state index contributed by atoms with van der Waals surface area (Å²) in [5.74, 6) is -0.482. The van der Waals surface area contributed by atoms with Crippen molar-refractivity contribution in [3.05, 3.63) is 82.4 Å². The monoisotopic (exact) mass is 447 g/mol. The molecular weight excluding hydrogens is 422 g/mol. The average molecular weight is 448 g/mol. The van der Waals surface area contributed by atoms with Crippen LogP contribution in [0, 0.1) is 0 Å². The second-order valence-corrected chi connectivity index (χ2v) is 8.69. The molecule has 1 fully saturated rings. The number of hydrogen-bond donors (Lipinski definition) is 3. The summed E-state index contributed by atoms with van der Waals surface area (Å²) in [7, 11) is 0. The van der Waals surface area contributed by atoms with Gasteiger partial charge in [0.05, 0.1) is 11.2 Å². The van der Waals surface area contributed by atoms with Gasteiger partial charge in [0.15, 0.2) is 0 Å². The van der Waals surface area contributed by atoms with Crippen molar-refractivity contribution in [2.45, 2.75) is 37.6 Å². The van der Waals surface area contributed by atoms with Crippen molar-refractivity contribution in [1.29, 1.82) is 0 Å². The molecule has 0 atom stereocenters. The van der Waals surface area contributed by atoms with Crippen molar-refractivity contribution in [2.75, 3.05) is 0 Å². The van der Waals surface area contributed by atoms with Crippen molar-refractivity contribution in [3.8, 4) is 5.75 Å². The van der Waals surface area contributed by atoms with Crippen molar-refractivity contribution >= 4 is 40.6 Å². The first-order valence-corrected chi connectivity index (χ1v) is 11.1. The minimum atomic E-state index is -0.410. The maximum Gasteiger partial charge on any atom is 0.271 e. The number of fused-ring (bicyclic) bond motifs is 1. The van der Waals surface area contributed by atoms with Crippen molar-refractivity contribution in [3.63, 3.8) is 0 Å². The fraction of sp³-hybridized carbons (Fsp3) is 0.231. The van der Waals surface area contributed by atoms with Crippen LogP contribution in [0.15, 0.2) is 65.8 Å². The van der Waals surface area contributed by atoms with E-state index in [2.05, 4.69) is 28.7 Å². The summed E-state index contributed by atoms with van der Waals surface area (Å²) in [6.07, 6.45) is 11.6. The van der Waals surface area contributed by atoms with Gasteiger partial charge < -0.3 is 10.8 Å². The molecule has 0 saturated heterocycles. The number of carbonyl (C=O) groups is 1. The largest absolute Gasteiger partial charge is 0.506 e. The molecule has 4 N–H and O–H groups in total. The first-order chi connectivity index (χ1) is 15.5. The van der Waals surface area contributed by atoms with E-state index in [0.717, 1.165) is 34.7 Å². The highest BCUT2D eigenvalue weighted by Gasteiger charge is 2.24. The number of hydrogen-bond acceptors (Lipinski definition) is 4. The van der Waals surface area contributed by atoms with Crippen LogP contribution in [0.2, 0.25) is 5.02 Å². The lowest BCUT2D eigenvalue weighted by Crippen LogP contribution is -2.39. The molecule has 3 aromatic rings. The van der Waals surface area contributed by atoms with Gasteiger partial charge in [0.1, 0.15) is 5.75 Å². The Kier molecular flexibility index (Phi) is 6.58. The summed E-state index contributed by atoms with van der Waals surface area (Å²) in [4.78, 5) is 12.3. The molecule has 1 saturated carbocycles. The van der Waals surface area contributed by atoms with Crippen LogP contribution in [-0.4, -0.2) is 22.8 Å². The minimum Gasteiger partial charge on any atom is -0.506 e. The van der Waals surface area contributed by atoms with E-state index in [1.54, 1.807) is 6.21 Å². The lowest BCUT2D eigenvalue weighted by molar-refractivity contribution is 0.0955. The molecule has 0 spiro atoms. The van der Waals surface area contributed by atoms with Gasteiger partial charge in [0.2, 0.25) is 0 Å². The second kappa shape index (κ2) is 9.55. The number of carbonyl (C=O) groups excluding carboxylic acids is 1. The highest BCUT2D eigenvalue weighted by molar-refractivity contribution is 6.32. The van der Waals surface area contributed by atoms with E-state index in [9.17, 15) is 9.90 Å². The van der Waals surface area contributed by atoms with E-state index < -0.39 is 5.91 Å². The molecule has 0 unspecified atom stereocenters. The van der Waals surface area contributed by atoms with Crippen molar-refractivity contribution < 1.29 is 9.90 Å². The Hall–Kier alpha value is -3.15. The number of nitrogens with two attached hydrogens (primary N) is 1. The quantitative estimate of drug-likeness (QED) is 0.349. The Morgan fingerprint density at radius 3 is 2.44 bits per heavy atom. The Balaban J connectivity index is 1.54. The van der Waals surface area contributed by atoms with Gasteiger partial charge >= 0.3 is 0 Å². The number of halogens is 1. The van der Waals surface area contributed by atoms with E-state index in [4.69, 9.17) is 17.3 Å². The zero-order chi connectivity index (χ0) is 22.6. The summed E-state index contributed by atoms with van der Waals surface area (Å²) in [5.41, 5.74) is 11.2. The number of hydrazone groups is 1. The van der Waals surface area contributed by atoms with Crippen molar-refractivity contribution in [1.82, 2.24) is 5.43 Å². The number of phenols is 1. The molecule has 0 aromatic heterocycles. The molecule has 164 valence electrons. The molecule has 0 bridgehead atoms. The van der Waals surface area contributed by atoms with E-state index in [-0.39, 0.29) is 16.3 Å². The number of nitrogens with one attached hydrogen (secondary N) is 1. The van der Waals surface area contributed by atoms with Crippen LogP contribution in [0.5, 0.6) is 5.75 Å². The molecular formula is C26H26ClN3O2. The van der Waals surface area contributed by atoms with Gasteiger partial charge in [0.25, 0.3) is 5.91 Å². The SMILES string of the molecule is NC1(C=Cc2ccc(C=NNC(=O)c3ccc(O)c(Cl)c3)c3ccccc23)CCCCC1. The highest BCUT2D eigenvalue weighted by atomic mass is 35.5. The Bertz CT molecular complexity index is 1200. The molecule has 1 aliphatic rings. The predicted octanol–water partition coefficient (Wildman–Crippen LogP) is 5.64. The zero-order valence-corrected chi connectivity index (χ0v) is 18.5. The van der Waals surface area contributed by atoms with E-state index in [0.29, 0.717) is 5.56 Å². The number of nitrogens with zero attached hydrogens (tertiary/aromatic N) is 1. The fourth-order valence-electron chi connectivity index (χ4n) is 4.11. The molecule has 0 heterocycles. The molecule has 32 heavy (non-hydrogen) atoms. The Morgan fingerprint density at radius 2 is 1.72 bits per heavy atom. The molecule has 0 radical (unpaired) electrons. The average Bonchev–Trinajstić information content (AvgIpc) is 2.80. The molecule has 4 rings (SSSR count). The fourth-order valence-corrected chi connectivity index (χ4v) is 4.29. The molecule has 0 aliphatic heterocycles. The highest BCUT2D eigenvalue weighted by Crippen LogP contribution is 2.29. The second-order valence-electron chi connectivity index (χ2n) is 8.28. The van der Waals surface area contributed by atoms with Crippen LogP contribution in [0.3, 0.4) is 0 Å². The van der Waals surface area contributed by atoms with Gasteiger partial charge in [-0.1, -0.05) is 79.4 Å². The maximum atomic E-state index is 12.3. The number of amides is 1. The number of benzene rings is 3. The lowest BCUT2D eigenvalue weighted by Gasteiger charge is -2.30. The van der Waals surface area contributed by atoms with Crippen LogP contribution in [0.25, 0.3) is 16.8 Å². The summed E-state index contributed by atoms with van der Waals surface area (Å²) < 4.78 is 0. The zero-order valence-electron chi connectivity index (χ0n) is 17.7. The van der Waals surface area contributed by atoms with Gasteiger partial charge in [-0.05, 0) is 47.4 Å². The summed E-state index contributed by atoms with van der Waals surface area (Å²) in [6.45, 7) is 0. The molecule has 1 amide bonds. The smallest absolute Gasteiger partial charge is 0.271 e. The van der Waals surface area contributed by atoms with Gasteiger partial charge in [-0.2, -0.15) is 5.10 Å². The normalized spacial score (nSPS) is 16.1. The third-order valence-corrected chi connectivity index (χ3v) is 6.25. The van der Waals surface area contributed by atoms with E-state index in [1.807, 2.05) is 30.3 Å². The van der Waals surface area contributed by atoms with Gasteiger partial charge in [-0.15, -0.1) is 0 Å². The molecule has 3 aromatic carbocycles. The third kappa shape index (κ3) is 5.01. The van der Waals surface area contributed by atoms with E-state index >= 15 is 0 Å². The topological polar surface area (TPSA) is 87.7 Å². The van der Waals surface area contributed by atoms with Crippen LogP contribution in [0.4, 0.5) is 0 Å². The summed E-state index contributed by atoms with van der Waals surface area (Å²) in [5, 5.41) is 15.9. The van der Waals surface area contributed by atoms with Crippen LogP contribution in [0.1, 0.15) is 53.6 Å². The Labute approximate surface area is 192 Å². The summed E-state index contributed by atoms with van der Waals surface area (Å²) >= 11 is 5.87.